The quantitative estimate of drug-likeness (QED) is 0.0430. The van der Waals surface area contributed by atoms with E-state index < -0.39 is 11.9 Å². The van der Waals surface area contributed by atoms with Crippen molar-refractivity contribution in [2.45, 2.75) is 209 Å². The zero-order valence-corrected chi connectivity index (χ0v) is 42.2. The highest BCUT2D eigenvalue weighted by atomic mass is 16.4. The molecule has 0 aliphatic heterocycles. The summed E-state index contributed by atoms with van der Waals surface area (Å²) in [5, 5.41) is 20.2. The van der Waals surface area contributed by atoms with Gasteiger partial charge >= 0.3 is 0 Å². The van der Waals surface area contributed by atoms with Crippen LogP contribution < -0.4 is 10.2 Å². The summed E-state index contributed by atoms with van der Waals surface area (Å²) < 4.78 is 2.60. The van der Waals surface area contributed by atoms with Crippen LogP contribution in [-0.2, 0) is 13.1 Å². The highest BCUT2D eigenvalue weighted by Crippen LogP contribution is 2.24. The minimum absolute atomic E-state index is 0.220. The van der Waals surface area contributed by atoms with Crippen LogP contribution in [0.2, 0.25) is 0 Å². The molecule has 6 heteroatoms. The summed E-state index contributed by atoms with van der Waals surface area (Å²) in [7, 11) is 0. The van der Waals surface area contributed by atoms with Crippen LogP contribution >= 0.6 is 0 Å². The second-order valence-electron chi connectivity index (χ2n) is 18.8. The van der Waals surface area contributed by atoms with Gasteiger partial charge in [-0.3, -0.25) is 0 Å². The van der Waals surface area contributed by atoms with E-state index >= 15 is 0 Å². The fourth-order valence-corrected chi connectivity index (χ4v) is 9.58. The SMILES string of the molecule is CCCCCCCCCCCC[N+](CCC)(CCC)Cc1ccc(C[N+](CCC)(CCC)CCCCCCCCCCCC)cc1.O=C([O-])c1ccccc1.O=C([O-])c1ccccc1. The number of hydrogen-bond acceptors (Lipinski definition) is 4. The molecule has 0 spiro atoms. The monoisotopic (exact) mass is 885 g/mol. The molecule has 362 valence electrons. The smallest absolute Gasteiger partial charge is 0.104 e. The normalized spacial score (nSPS) is 11.3. The summed E-state index contributed by atoms with van der Waals surface area (Å²) in [6.07, 6.45) is 33.8. The first-order chi connectivity index (χ1) is 31.1. The summed E-state index contributed by atoms with van der Waals surface area (Å²) in [4.78, 5) is 20.2. The molecule has 64 heavy (non-hydrogen) atoms. The van der Waals surface area contributed by atoms with E-state index in [9.17, 15) is 19.8 Å². The van der Waals surface area contributed by atoms with Crippen LogP contribution in [0.5, 0.6) is 0 Å². The lowest BCUT2D eigenvalue weighted by molar-refractivity contribution is -0.941. The van der Waals surface area contributed by atoms with Crippen LogP contribution in [-0.4, -0.2) is 60.2 Å². The topological polar surface area (TPSA) is 80.3 Å². The molecule has 0 amide bonds. The first-order valence-corrected chi connectivity index (χ1v) is 26.4. The molecule has 0 heterocycles. The molecule has 0 saturated carbocycles. The molecule has 3 aromatic carbocycles. The van der Waals surface area contributed by atoms with E-state index in [4.69, 9.17) is 0 Å². The summed E-state index contributed by atoms with van der Waals surface area (Å²) >= 11 is 0. The van der Waals surface area contributed by atoms with Gasteiger partial charge in [0.2, 0.25) is 0 Å². The largest absolute Gasteiger partial charge is 0.545 e. The molecule has 0 bridgehead atoms. The van der Waals surface area contributed by atoms with Crippen LogP contribution in [0.4, 0.5) is 0 Å². The first kappa shape index (κ1) is 58.5. The van der Waals surface area contributed by atoms with Crippen LogP contribution in [0.15, 0.2) is 84.9 Å². The van der Waals surface area contributed by atoms with Gasteiger partial charge in [-0.1, -0.05) is 229 Å². The van der Waals surface area contributed by atoms with Gasteiger partial charge in [0.25, 0.3) is 0 Å². The Balaban J connectivity index is 0.000000923. The number of unbranched alkanes of at least 4 members (excludes halogenated alkanes) is 18. The lowest BCUT2D eigenvalue weighted by Crippen LogP contribution is -2.49. The molecule has 0 aliphatic rings. The minimum Gasteiger partial charge on any atom is -0.545 e. The summed E-state index contributed by atoms with van der Waals surface area (Å²) in [5.41, 5.74) is 3.57. The molecule has 0 aromatic heterocycles. The Morgan fingerprint density at radius 3 is 0.797 bits per heavy atom. The van der Waals surface area contributed by atoms with Crippen molar-refractivity contribution in [2.24, 2.45) is 0 Å². The molecule has 0 saturated heterocycles. The molecule has 0 N–H and O–H groups in total. The average molecular weight is 885 g/mol. The standard InChI is InChI=1S/C44H86N2.2C7H6O2/c1-7-13-15-17-19-21-23-25-27-29-39-45(35-9-3,36-10-4)41-43-31-33-44(34-32-43)42-46(37-11-5,38-12-6)40-30-28-26-24-22-20-18-16-14-8-2;2*8-7(9)6-4-2-1-3-5-6/h31-34H,7-30,35-42H2,1-6H3;2*1-5H,(H,8,9)/q+2;;/p-2. The van der Waals surface area contributed by atoms with E-state index in [2.05, 4.69) is 65.8 Å². The number of benzene rings is 3. The van der Waals surface area contributed by atoms with Gasteiger partial charge < -0.3 is 28.8 Å². The van der Waals surface area contributed by atoms with Crippen molar-refractivity contribution in [3.05, 3.63) is 107 Å². The lowest BCUT2D eigenvalue weighted by Gasteiger charge is -2.40. The Kier molecular flexibility index (Phi) is 35.4. The van der Waals surface area contributed by atoms with E-state index in [-0.39, 0.29) is 11.1 Å². The molecular formula is C58H96N2O4. The van der Waals surface area contributed by atoms with E-state index in [0.717, 1.165) is 0 Å². The summed E-state index contributed by atoms with van der Waals surface area (Å²) in [6, 6.07) is 26.2. The van der Waals surface area contributed by atoms with Crippen molar-refractivity contribution in [3.63, 3.8) is 0 Å². The summed E-state index contributed by atoms with van der Waals surface area (Å²) in [6.45, 7) is 24.7. The second kappa shape index (κ2) is 38.8. The van der Waals surface area contributed by atoms with Crippen LogP contribution in [0, 0.1) is 0 Å². The predicted molar refractivity (Wildman–Crippen MR) is 270 cm³/mol. The Morgan fingerprint density at radius 2 is 0.578 bits per heavy atom. The van der Waals surface area contributed by atoms with Gasteiger partial charge in [-0.05, 0) is 62.5 Å². The second-order valence-corrected chi connectivity index (χ2v) is 18.8. The molecule has 0 unspecified atom stereocenters. The number of aromatic carboxylic acids is 2. The predicted octanol–water partition coefficient (Wildman–Crippen LogP) is 13.9. The van der Waals surface area contributed by atoms with Gasteiger partial charge in [0.1, 0.15) is 13.1 Å². The van der Waals surface area contributed by atoms with Crippen molar-refractivity contribution < 1.29 is 28.8 Å². The fraction of sp³-hybridized carbons (Fsp3) is 0.655. The zero-order chi connectivity index (χ0) is 47.0. The number of hydrogen-bond donors (Lipinski definition) is 0. The molecule has 3 aromatic rings. The molecule has 0 fully saturated rings. The van der Waals surface area contributed by atoms with Gasteiger partial charge in [-0.15, -0.1) is 0 Å². The molecular weight excluding hydrogens is 789 g/mol. The van der Waals surface area contributed by atoms with Gasteiger partial charge in [-0.25, -0.2) is 0 Å². The maximum absolute atomic E-state index is 10.1. The Labute approximate surface area is 394 Å². The molecule has 0 radical (unpaired) electrons. The number of carbonyl (C=O) groups is 2. The third-order valence-electron chi connectivity index (χ3n) is 12.8. The zero-order valence-electron chi connectivity index (χ0n) is 42.2. The van der Waals surface area contributed by atoms with Crippen molar-refractivity contribution in [1.82, 2.24) is 0 Å². The fourth-order valence-electron chi connectivity index (χ4n) is 9.58. The lowest BCUT2D eigenvalue weighted by atomic mass is 10.0. The Bertz CT molecular complexity index is 1380. The van der Waals surface area contributed by atoms with E-state index in [1.807, 2.05) is 0 Å². The van der Waals surface area contributed by atoms with Crippen LogP contribution in [0.3, 0.4) is 0 Å². The minimum atomic E-state index is -1.13. The molecule has 0 aliphatic carbocycles. The van der Waals surface area contributed by atoms with Gasteiger partial charge in [0.15, 0.2) is 0 Å². The van der Waals surface area contributed by atoms with Gasteiger partial charge in [0, 0.05) is 11.1 Å². The first-order valence-electron chi connectivity index (χ1n) is 26.4. The number of nitrogens with zero attached hydrogens (tertiary/aromatic N) is 2. The van der Waals surface area contributed by atoms with E-state index in [1.165, 1.54) is 240 Å². The van der Waals surface area contributed by atoms with Crippen LogP contribution in [0.1, 0.15) is 227 Å². The van der Waals surface area contributed by atoms with Crippen molar-refractivity contribution in [2.75, 3.05) is 39.3 Å². The molecule has 6 nitrogen and oxygen atoms in total. The molecule has 3 rings (SSSR count). The van der Waals surface area contributed by atoms with Crippen molar-refractivity contribution >= 4 is 11.9 Å². The number of quaternary nitrogens is 2. The highest BCUT2D eigenvalue weighted by Gasteiger charge is 2.28. The third kappa shape index (κ3) is 28.4. The Hall–Kier alpha value is -3.48. The van der Waals surface area contributed by atoms with Gasteiger partial charge in [0.05, 0.1) is 51.2 Å². The van der Waals surface area contributed by atoms with Crippen LogP contribution in [0.25, 0.3) is 0 Å². The van der Waals surface area contributed by atoms with E-state index in [0.29, 0.717) is 0 Å². The Morgan fingerprint density at radius 1 is 0.328 bits per heavy atom. The summed E-state index contributed by atoms with van der Waals surface area (Å²) in [5.74, 6) is -2.26. The maximum Gasteiger partial charge on any atom is 0.104 e. The van der Waals surface area contributed by atoms with Gasteiger partial charge in [-0.2, -0.15) is 0 Å². The number of carboxylic acid groups (broad SMARTS) is 2. The highest BCUT2D eigenvalue weighted by molar-refractivity contribution is 5.85. The number of rotatable bonds is 36. The van der Waals surface area contributed by atoms with Crippen molar-refractivity contribution in [3.8, 4) is 0 Å². The van der Waals surface area contributed by atoms with Crippen molar-refractivity contribution in [1.29, 1.82) is 0 Å². The third-order valence-corrected chi connectivity index (χ3v) is 12.8. The average Bonchev–Trinajstić information content (AvgIpc) is 3.30. The number of carbonyl (C=O) groups excluding carboxylic acids is 2. The maximum atomic E-state index is 10.1. The van der Waals surface area contributed by atoms with E-state index in [1.54, 1.807) is 47.5 Å². The number of carboxylic acids is 2. The molecule has 0 atom stereocenters.